The van der Waals surface area contributed by atoms with E-state index in [1.165, 1.54) is 5.56 Å². The van der Waals surface area contributed by atoms with Crippen LogP contribution in [0.2, 0.25) is 0 Å². The van der Waals surface area contributed by atoms with E-state index in [2.05, 4.69) is 34.6 Å². The van der Waals surface area contributed by atoms with E-state index >= 15 is 0 Å². The third-order valence-electron chi connectivity index (χ3n) is 5.26. The number of piperidine rings is 3. The summed E-state index contributed by atoms with van der Waals surface area (Å²) >= 11 is 0. The van der Waals surface area contributed by atoms with E-state index in [9.17, 15) is 4.79 Å². The second kappa shape index (κ2) is 5.89. The van der Waals surface area contributed by atoms with Gasteiger partial charge in [-0.15, -0.1) is 0 Å². The van der Waals surface area contributed by atoms with Crippen LogP contribution in [0.5, 0.6) is 0 Å². The molecular formula is C17H23N3O2. The van der Waals surface area contributed by atoms with Crippen LogP contribution in [0.15, 0.2) is 30.3 Å². The lowest BCUT2D eigenvalue weighted by Crippen LogP contribution is -2.57. The Labute approximate surface area is 131 Å². The monoisotopic (exact) mass is 301 g/mol. The van der Waals surface area contributed by atoms with Crippen LogP contribution in [0.25, 0.3) is 0 Å². The Bertz CT molecular complexity index is 522. The van der Waals surface area contributed by atoms with Gasteiger partial charge >= 0.3 is 6.09 Å². The van der Waals surface area contributed by atoms with Gasteiger partial charge in [-0.25, -0.2) is 9.80 Å². The van der Waals surface area contributed by atoms with Gasteiger partial charge in [0.25, 0.3) is 0 Å². The highest BCUT2D eigenvalue weighted by Crippen LogP contribution is 2.30. The van der Waals surface area contributed by atoms with Gasteiger partial charge < -0.3 is 4.74 Å². The molecule has 5 heteroatoms. The molecule has 0 aliphatic carbocycles. The molecule has 0 saturated carbocycles. The molecule has 1 N–H and O–H groups in total. The van der Waals surface area contributed by atoms with Gasteiger partial charge in [-0.3, -0.25) is 10.3 Å². The Hall–Kier alpha value is -1.59. The normalized spacial score (nSPS) is 31.5. The van der Waals surface area contributed by atoms with Crippen LogP contribution in [-0.4, -0.2) is 54.8 Å². The Balaban J connectivity index is 1.23. The minimum absolute atomic E-state index is 0.0775. The molecule has 4 heterocycles. The summed E-state index contributed by atoms with van der Waals surface area (Å²) in [4.78, 5) is 14.4. The summed E-state index contributed by atoms with van der Waals surface area (Å²) in [6.07, 6.45) is 2.12. The SMILES string of the molecule is O=C(NN1CC(c2ccccc2)C1)O[C@H]1CN2CCC1CC2. The summed E-state index contributed by atoms with van der Waals surface area (Å²) in [5.74, 6) is 1.07. The van der Waals surface area contributed by atoms with Gasteiger partial charge in [0.15, 0.2) is 0 Å². The maximum absolute atomic E-state index is 12.0. The Morgan fingerprint density at radius 2 is 1.82 bits per heavy atom. The maximum Gasteiger partial charge on any atom is 0.422 e. The van der Waals surface area contributed by atoms with E-state index in [0.717, 1.165) is 45.6 Å². The number of rotatable bonds is 3. The zero-order valence-corrected chi connectivity index (χ0v) is 12.8. The van der Waals surface area contributed by atoms with E-state index in [4.69, 9.17) is 4.74 Å². The van der Waals surface area contributed by atoms with Gasteiger partial charge in [0.2, 0.25) is 0 Å². The minimum atomic E-state index is -0.287. The van der Waals surface area contributed by atoms with Crippen LogP contribution < -0.4 is 5.43 Å². The quantitative estimate of drug-likeness (QED) is 0.925. The number of benzene rings is 1. The van der Waals surface area contributed by atoms with Crippen molar-refractivity contribution in [3.63, 3.8) is 0 Å². The van der Waals surface area contributed by atoms with Gasteiger partial charge in [-0.1, -0.05) is 30.3 Å². The second-order valence-electron chi connectivity index (χ2n) is 6.71. The summed E-state index contributed by atoms with van der Waals surface area (Å²) in [7, 11) is 0. The highest BCUT2D eigenvalue weighted by Gasteiger charge is 2.37. The molecule has 2 bridgehead atoms. The molecule has 4 aliphatic heterocycles. The molecule has 0 radical (unpaired) electrons. The average Bonchev–Trinajstić information content (AvgIpc) is 2.52. The summed E-state index contributed by atoms with van der Waals surface area (Å²) in [6.45, 7) is 4.96. The van der Waals surface area contributed by atoms with Crippen molar-refractivity contribution in [1.29, 1.82) is 0 Å². The van der Waals surface area contributed by atoms with E-state index in [-0.39, 0.29) is 12.2 Å². The number of carbonyl (C=O) groups excluding carboxylic acids is 1. The molecule has 4 fully saturated rings. The molecule has 5 nitrogen and oxygen atoms in total. The Kier molecular flexibility index (Phi) is 3.76. The molecule has 0 spiro atoms. The molecule has 22 heavy (non-hydrogen) atoms. The largest absolute Gasteiger partial charge is 0.444 e. The van der Waals surface area contributed by atoms with Crippen LogP contribution in [0.1, 0.15) is 24.3 Å². The van der Waals surface area contributed by atoms with E-state index in [1.807, 2.05) is 11.1 Å². The topological polar surface area (TPSA) is 44.8 Å². The van der Waals surface area contributed by atoms with E-state index < -0.39 is 0 Å². The average molecular weight is 301 g/mol. The van der Waals surface area contributed by atoms with Crippen LogP contribution in [0.3, 0.4) is 0 Å². The summed E-state index contributed by atoms with van der Waals surface area (Å²) in [5.41, 5.74) is 4.22. The third-order valence-corrected chi connectivity index (χ3v) is 5.26. The Morgan fingerprint density at radius 1 is 1.09 bits per heavy atom. The van der Waals surface area contributed by atoms with Crippen LogP contribution >= 0.6 is 0 Å². The number of fused-ring (bicyclic) bond motifs is 3. The smallest absolute Gasteiger partial charge is 0.422 e. The van der Waals surface area contributed by atoms with Crippen LogP contribution in [0, 0.1) is 5.92 Å². The summed E-state index contributed by atoms with van der Waals surface area (Å²) in [6, 6.07) is 10.4. The predicted octanol–water partition coefficient (Wildman–Crippen LogP) is 1.82. The van der Waals surface area contributed by atoms with Crippen molar-refractivity contribution < 1.29 is 9.53 Å². The van der Waals surface area contributed by atoms with Crippen molar-refractivity contribution in [3.8, 4) is 0 Å². The molecule has 0 unspecified atom stereocenters. The molecule has 5 rings (SSSR count). The first-order chi connectivity index (χ1) is 10.8. The van der Waals surface area contributed by atoms with E-state index in [1.54, 1.807) is 0 Å². The lowest BCUT2D eigenvalue weighted by atomic mass is 9.86. The fourth-order valence-electron chi connectivity index (χ4n) is 3.84. The first-order valence-corrected chi connectivity index (χ1v) is 8.27. The first kappa shape index (κ1) is 14.0. The van der Waals surface area contributed by atoms with Gasteiger partial charge in [0.05, 0.1) is 0 Å². The molecule has 1 atom stereocenters. The fraction of sp³-hybridized carbons (Fsp3) is 0.588. The summed E-state index contributed by atoms with van der Waals surface area (Å²) in [5, 5.41) is 1.95. The van der Waals surface area contributed by atoms with Crippen molar-refractivity contribution in [1.82, 2.24) is 15.3 Å². The predicted molar refractivity (Wildman–Crippen MR) is 83.3 cm³/mol. The number of ether oxygens (including phenoxy) is 1. The third kappa shape index (κ3) is 2.83. The lowest BCUT2D eigenvalue weighted by Gasteiger charge is -2.44. The van der Waals surface area contributed by atoms with Gasteiger partial charge in [-0.2, -0.15) is 0 Å². The first-order valence-electron chi connectivity index (χ1n) is 8.27. The molecule has 4 saturated heterocycles. The zero-order chi connectivity index (χ0) is 14.9. The van der Waals surface area contributed by atoms with Crippen molar-refractivity contribution in [2.45, 2.75) is 24.9 Å². The molecule has 1 aromatic carbocycles. The fourth-order valence-corrected chi connectivity index (χ4v) is 3.84. The maximum atomic E-state index is 12.0. The second-order valence-corrected chi connectivity index (χ2v) is 6.71. The molecule has 1 amide bonds. The highest BCUT2D eigenvalue weighted by molar-refractivity contribution is 5.67. The standard InChI is InChI=1S/C17H23N3O2/c21-17(22-16-12-19-8-6-14(16)7-9-19)18-20-10-15(11-20)13-4-2-1-3-5-13/h1-5,14-16H,6-12H2,(H,18,21)/t16-/m0/s1. The van der Waals surface area contributed by atoms with Gasteiger partial charge in [-0.05, 0) is 37.4 Å². The number of hydrogen-bond acceptors (Lipinski definition) is 4. The number of carbonyl (C=O) groups is 1. The number of hydrogen-bond donors (Lipinski definition) is 1. The summed E-state index contributed by atoms with van der Waals surface area (Å²) < 4.78 is 5.64. The molecular weight excluding hydrogens is 278 g/mol. The van der Waals surface area contributed by atoms with E-state index in [0.29, 0.717) is 11.8 Å². The number of hydrazine groups is 1. The zero-order valence-electron chi connectivity index (χ0n) is 12.8. The van der Waals surface area contributed by atoms with Crippen molar-refractivity contribution in [2.75, 3.05) is 32.7 Å². The van der Waals surface area contributed by atoms with Crippen LogP contribution in [-0.2, 0) is 4.74 Å². The number of nitrogens with one attached hydrogen (secondary N) is 1. The van der Waals surface area contributed by atoms with Crippen LogP contribution in [0.4, 0.5) is 4.79 Å². The molecule has 4 aliphatic rings. The van der Waals surface area contributed by atoms with Gasteiger partial charge in [0, 0.05) is 25.6 Å². The van der Waals surface area contributed by atoms with Crippen molar-refractivity contribution in [2.24, 2.45) is 5.92 Å². The molecule has 118 valence electrons. The van der Waals surface area contributed by atoms with Gasteiger partial charge in [0.1, 0.15) is 6.10 Å². The van der Waals surface area contributed by atoms with Crippen molar-refractivity contribution in [3.05, 3.63) is 35.9 Å². The Morgan fingerprint density at radius 3 is 2.45 bits per heavy atom. The minimum Gasteiger partial charge on any atom is -0.444 e. The molecule has 1 aromatic rings. The number of amides is 1. The molecule has 0 aromatic heterocycles. The lowest BCUT2D eigenvalue weighted by molar-refractivity contribution is -0.0432. The van der Waals surface area contributed by atoms with Crippen molar-refractivity contribution >= 4 is 6.09 Å². The highest BCUT2D eigenvalue weighted by atomic mass is 16.6. The number of nitrogens with zero attached hydrogens (tertiary/aromatic N) is 2.